The van der Waals surface area contributed by atoms with E-state index in [0.29, 0.717) is 12.2 Å². The van der Waals surface area contributed by atoms with Gasteiger partial charge in [0, 0.05) is 17.5 Å². The number of carboxylic acids is 1. The molecule has 0 fully saturated rings. The molecule has 2 N–H and O–H groups in total. The average molecular weight is 287 g/mol. The van der Waals surface area contributed by atoms with Crippen LogP contribution in [-0.2, 0) is 9.53 Å². The van der Waals surface area contributed by atoms with E-state index in [9.17, 15) is 14.7 Å². The van der Waals surface area contributed by atoms with Crippen LogP contribution in [-0.4, -0.2) is 29.7 Å². The first kappa shape index (κ1) is 13.7. The molecule has 0 saturated carbocycles. The number of hydrogen-bond acceptors (Lipinski definition) is 4. The number of carbonyl (C=O) groups excluding carboxylic acids is 1. The number of carbonyl (C=O) groups is 2. The fourth-order valence-electron chi connectivity index (χ4n) is 3.18. The van der Waals surface area contributed by atoms with Crippen molar-refractivity contribution in [3.05, 3.63) is 41.5 Å². The lowest BCUT2D eigenvalue weighted by Crippen LogP contribution is -2.41. The van der Waals surface area contributed by atoms with Gasteiger partial charge in [-0.15, -0.1) is 0 Å². The summed E-state index contributed by atoms with van der Waals surface area (Å²) in [6.07, 6.45) is 4.78. The highest BCUT2D eigenvalue weighted by molar-refractivity contribution is 5.91. The van der Waals surface area contributed by atoms with Crippen molar-refractivity contribution in [1.82, 2.24) is 0 Å². The van der Waals surface area contributed by atoms with Gasteiger partial charge >= 0.3 is 11.9 Å². The minimum Gasteiger partial charge on any atom is -0.480 e. The van der Waals surface area contributed by atoms with Crippen LogP contribution < -0.4 is 5.32 Å². The van der Waals surface area contributed by atoms with E-state index in [4.69, 9.17) is 4.74 Å². The van der Waals surface area contributed by atoms with Crippen molar-refractivity contribution in [3.8, 4) is 0 Å². The zero-order valence-corrected chi connectivity index (χ0v) is 11.7. The lowest BCUT2D eigenvalue weighted by Gasteiger charge is -2.34. The van der Waals surface area contributed by atoms with Gasteiger partial charge in [-0.2, -0.15) is 0 Å². The van der Waals surface area contributed by atoms with E-state index in [1.165, 1.54) is 0 Å². The van der Waals surface area contributed by atoms with E-state index in [2.05, 4.69) is 5.32 Å². The van der Waals surface area contributed by atoms with Crippen LogP contribution in [0.2, 0.25) is 0 Å². The van der Waals surface area contributed by atoms with Crippen LogP contribution in [0.1, 0.15) is 35.2 Å². The summed E-state index contributed by atoms with van der Waals surface area (Å²) < 4.78 is 5.02. The maximum Gasteiger partial charge on any atom is 0.338 e. The van der Waals surface area contributed by atoms with Crippen molar-refractivity contribution in [1.29, 1.82) is 0 Å². The molecule has 0 spiro atoms. The molecule has 0 saturated heterocycles. The first-order valence-corrected chi connectivity index (χ1v) is 7.09. The maximum atomic E-state index is 11.8. The van der Waals surface area contributed by atoms with Crippen molar-refractivity contribution < 1.29 is 19.4 Å². The normalized spacial score (nSPS) is 25.7. The van der Waals surface area contributed by atoms with E-state index < -0.39 is 12.0 Å². The highest BCUT2D eigenvalue weighted by Crippen LogP contribution is 2.44. The predicted octanol–water partition coefficient (Wildman–Crippen LogP) is 2.40. The molecule has 5 heteroatoms. The second-order valence-electron chi connectivity index (χ2n) is 5.34. The summed E-state index contributed by atoms with van der Waals surface area (Å²) in [4.78, 5) is 23.2. The molecule has 0 radical (unpaired) electrons. The van der Waals surface area contributed by atoms with E-state index in [1.54, 1.807) is 19.1 Å². The van der Waals surface area contributed by atoms with Gasteiger partial charge in [-0.3, -0.25) is 0 Å². The molecule has 1 aromatic carbocycles. The quantitative estimate of drug-likeness (QED) is 0.659. The molecule has 1 heterocycles. The van der Waals surface area contributed by atoms with Gasteiger partial charge in [-0.1, -0.05) is 12.2 Å². The monoisotopic (exact) mass is 287 g/mol. The number of benzene rings is 1. The SMILES string of the molecule is CCOC(=O)c1ccc2c(c1)[C@H]1C=CC[C@H]1[C@@H](C(=O)O)N2. The smallest absolute Gasteiger partial charge is 0.338 e. The van der Waals surface area contributed by atoms with Crippen LogP contribution in [0.25, 0.3) is 0 Å². The van der Waals surface area contributed by atoms with Crippen molar-refractivity contribution in [3.63, 3.8) is 0 Å². The second kappa shape index (κ2) is 5.24. The zero-order valence-electron chi connectivity index (χ0n) is 11.7. The van der Waals surface area contributed by atoms with Gasteiger partial charge in [0.2, 0.25) is 0 Å². The van der Waals surface area contributed by atoms with Gasteiger partial charge in [0.1, 0.15) is 6.04 Å². The molecule has 3 rings (SSSR count). The summed E-state index contributed by atoms with van der Waals surface area (Å²) in [5.74, 6) is -1.16. The summed E-state index contributed by atoms with van der Waals surface area (Å²) >= 11 is 0. The van der Waals surface area contributed by atoms with E-state index in [0.717, 1.165) is 17.7 Å². The fourth-order valence-corrected chi connectivity index (χ4v) is 3.18. The number of nitrogens with one attached hydrogen (secondary N) is 1. The molecule has 2 aliphatic rings. The lowest BCUT2D eigenvalue weighted by molar-refractivity contribution is -0.139. The number of ether oxygens (including phenoxy) is 1. The van der Waals surface area contributed by atoms with Crippen LogP contribution in [0.5, 0.6) is 0 Å². The lowest BCUT2D eigenvalue weighted by atomic mass is 9.79. The Hall–Kier alpha value is -2.30. The van der Waals surface area contributed by atoms with Crippen LogP contribution >= 0.6 is 0 Å². The number of anilines is 1. The van der Waals surface area contributed by atoms with Gasteiger partial charge in [0.25, 0.3) is 0 Å². The Labute approximate surface area is 122 Å². The van der Waals surface area contributed by atoms with Gasteiger partial charge in [0.15, 0.2) is 0 Å². The molecular formula is C16H17NO4. The zero-order chi connectivity index (χ0) is 15.0. The molecule has 21 heavy (non-hydrogen) atoms. The van der Waals surface area contributed by atoms with Gasteiger partial charge in [-0.25, -0.2) is 9.59 Å². The predicted molar refractivity (Wildman–Crippen MR) is 77.4 cm³/mol. The first-order valence-electron chi connectivity index (χ1n) is 7.09. The Morgan fingerprint density at radius 1 is 1.43 bits per heavy atom. The van der Waals surface area contributed by atoms with Gasteiger partial charge in [0.05, 0.1) is 12.2 Å². The minimum atomic E-state index is -0.839. The summed E-state index contributed by atoms with van der Waals surface area (Å²) in [6.45, 7) is 2.10. The Morgan fingerprint density at radius 3 is 2.95 bits per heavy atom. The Kier molecular flexibility index (Phi) is 3.41. The first-order chi connectivity index (χ1) is 10.1. The van der Waals surface area contributed by atoms with E-state index in [-0.39, 0.29) is 17.8 Å². The Bertz CT molecular complexity index is 623. The third kappa shape index (κ3) is 2.28. The molecule has 3 atom stereocenters. The summed E-state index contributed by atoms with van der Waals surface area (Å²) in [6, 6.07) is 4.65. The number of aliphatic carboxylic acids is 1. The topological polar surface area (TPSA) is 75.6 Å². The van der Waals surface area contributed by atoms with Crippen molar-refractivity contribution >= 4 is 17.6 Å². The van der Waals surface area contributed by atoms with Gasteiger partial charge in [-0.05, 0) is 37.1 Å². The number of esters is 1. The van der Waals surface area contributed by atoms with Gasteiger partial charge < -0.3 is 15.2 Å². The fraction of sp³-hybridized carbons (Fsp3) is 0.375. The average Bonchev–Trinajstić information content (AvgIpc) is 2.95. The molecule has 0 amide bonds. The van der Waals surface area contributed by atoms with Crippen LogP contribution in [0.3, 0.4) is 0 Å². The third-order valence-corrected chi connectivity index (χ3v) is 4.14. The molecule has 0 aromatic heterocycles. The highest BCUT2D eigenvalue weighted by atomic mass is 16.5. The molecule has 0 bridgehead atoms. The molecule has 1 aromatic rings. The number of carboxylic acid groups (broad SMARTS) is 1. The molecule has 0 unspecified atom stereocenters. The molecular weight excluding hydrogens is 270 g/mol. The highest BCUT2D eigenvalue weighted by Gasteiger charge is 2.40. The second-order valence-corrected chi connectivity index (χ2v) is 5.34. The van der Waals surface area contributed by atoms with Crippen molar-refractivity contribution in [2.75, 3.05) is 11.9 Å². The third-order valence-electron chi connectivity index (χ3n) is 4.14. The molecule has 1 aliphatic heterocycles. The molecule has 110 valence electrons. The maximum absolute atomic E-state index is 11.8. The number of rotatable bonds is 3. The Balaban J connectivity index is 1.99. The largest absolute Gasteiger partial charge is 0.480 e. The van der Waals surface area contributed by atoms with Crippen molar-refractivity contribution in [2.24, 2.45) is 5.92 Å². The van der Waals surface area contributed by atoms with Crippen molar-refractivity contribution in [2.45, 2.75) is 25.3 Å². The van der Waals surface area contributed by atoms with E-state index in [1.807, 2.05) is 18.2 Å². The molecule has 5 nitrogen and oxygen atoms in total. The number of fused-ring (bicyclic) bond motifs is 3. The summed E-state index contributed by atoms with van der Waals surface area (Å²) in [5.41, 5.74) is 2.25. The Morgan fingerprint density at radius 2 is 2.24 bits per heavy atom. The number of allylic oxidation sites excluding steroid dienone is 2. The van der Waals surface area contributed by atoms with Crippen LogP contribution in [0, 0.1) is 5.92 Å². The van der Waals surface area contributed by atoms with E-state index >= 15 is 0 Å². The number of hydrogen-bond donors (Lipinski definition) is 2. The van der Waals surface area contributed by atoms with Crippen LogP contribution in [0.4, 0.5) is 5.69 Å². The summed E-state index contributed by atoms with van der Waals surface area (Å²) in [5, 5.41) is 12.4. The standard InChI is InChI=1S/C16H17NO4/c1-2-21-16(20)9-6-7-13-12(8-9)10-4-3-5-11(10)14(17-13)15(18)19/h3-4,6-8,10-11,14,17H,2,5H2,1H3,(H,18,19)/t10-,11+,14-/m0/s1. The minimum absolute atomic E-state index is 0.00699. The van der Waals surface area contributed by atoms with Crippen LogP contribution in [0.15, 0.2) is 30.4 Å². The summed E-state index contributed by atoms with van der Waals surface area (Å²) in [7, 11) is 0. The molecule has 1 aliphatic carbocycles.